The van der Waals surface area contributed by atoms with Crippen LogP contribution in [0, 0.1) is 5.92 Å². The monoisotopic (exact) mass is 486 g/mol. The second kappa shape index (κ2) is 12.1. The van der Waals surface area contributed by atoms with Crippen LogP contribution < -0.4 is 10.6 Å². The number of aromatic nitrogens is 2. The summed E-state index contributed by atoms with van der Waals surface area (Å²) in [7, 11) is 0. The molecule has 0 aliphatic carbocycles. The standard InChI is InChI=1S/C25H34N4O6/c1-15(2)12-18(24(33)35-25(4,5)6)29-22(31)20-19(26-14-27-20)21(30)28-16(3)23(32)34-13-17-10-8-7-9-11-17/h7-11,14-16,18H,12-13H2,1-6H3,(H,26,27)(H,28,30)(H,29,31)/t16-,18-/m0/s1. The number of hydrogen-bond acceptors (Lipinski definition) is 7. The number of hydrogen-bond donors (Lipinski definition) is 3. The molecule has 190 valence electrons. The summed E-state index contributed by atoms with van der Waals surface area (Å²) in [5.41, 5.74) is -0.254. The van der Waals surface area contributed by atoms with Gasteiger partial charge in [0.2, 0.25) is 0 Å². The highest BCUT2D eigenvalue weighted by Gasteiger charge is 2.30. The maximum absolute atomic E-state index is 12.9. The fraction of sp³-hybridized carbons (Fsp3) is 0.480. The molecule has 0 saturated heterocycles. The van der Waals surface area contributed by atoms with Gasteiger partial charge in [-0.15, -0.1) is 0 Å². The van der Waals surface area contributed by atoms with Gasteiger partial charge in [-0.2, -0.15) is 0 Å². The Balaban J connectivity index is 2.03. The number of amides is 2. The summed E-state index contributed by atoms with van der Waals surface area (Å²) in [4.78, 5) is 57.1. The van der Waals surface area contributed by atoms with Crippen molar-refractivity contribution in [2.24, 2.45) is 5.92 Å². The van der Waals surface area contributed by atoms with Crippen LogP contribution in [0.15, 0.2) is 36.7 Å². The molecule has 3 N–H and O–H groups in total. The van der Waals surface area contributed by atoms with Gasteiger partial charge >= 0.3 is 11.9 Å². The number of H-pyrrole nitrogens is 1. The van der Waals surface area contributed by atoms with Crippen molar-refractivity contribution in [2.75, 3.05) is 0 Å². The summed E-state index contributed by atoms with van der Waals surface area (Å²) >= 11 is 0. The maximum atomic E-state index is 12.9. The molecule has 0 unspecified atom stereocenters. The summed E-state index contributed by atoms with van der Waals surface area (Å²) in [5.74, 6) is -2.53. The highest BCUT2D eigenvalue weighted by Crippen LogP contribution is 2.14. The Hall–Kier alpha value is -3.69. The van der Waals surface area contributed by atoms with E-state index >= 15 is 0 Å². The second-order valence-electron chi connectivity index (χ2n) is 9.60. The van der Waals surface area contributed by atoms with E-state index in [4.69, 9.17) is 9.47 Å². The lowest BCUT2D eigenvalue weighted by molar-refractivity contribution is -0.157. The van der Waals surface area contributed by atoms with Gasteiger partial charge in [0.25, 0.3) is 11.8 Å². The fourth-order valence-corrected chi connectivity index (χ4v) is 3.11. The van der Waals surface area contributed by atoms with Crippen molar-refractivity contribution in [3.8, 4) is 0 Å². The number of ether oxygens (including phenoxy) is 2. The first-order valence-electron chi connectivity index (χ1n) is 11.5. The van der Waals surface area contributed by atoms with Gasteiger partial charge in [0.15, 0.2) is 5.69 Å². The third-order valence-corrected chi connectivity index (χ3v) is 4.71. The van der Waals surface area contributed by atoms with E-state index < -0.39 is 41.4 Å². The Morgan fingerprint density at radius 2 is 1.63 bits per heavy atom. The van der Waals surface area contributed by atoms with E-state index in [0.29, 0.717) is 6.42 Å². The van der Waals surface area contributed by atoms with Gasteiger partial charge in [0, 0.05) is 0 Å². The Kier molecular flexibility index (Phi) is 9.56. The fourth-order valence-electron chi connectivity index (χ4n) is 3.11. The van der Waals surface area contributed by atoms with E-state index in [2.05, 4.69) is 20.6 Å². The number of benzene rings is 1. The average Bonchev–Trinajstić information content (AvgIpc) is 3.26. The number of carbonyl (C=O) groups excluding carboxylic acids is 4. The van der Waals surface area contributed by atoms with Crippen molar-refractivity contribution in [3.63, 3.8) is 0 Å². The minimum atomic E-state index is -0.978. The highest BCUT2D eigenvalue weighted by molar-refractivity contribution is 6.06. The van der Waals surface area contributed by atoms with Crippen LogP contribution >= 0.6 is 0 Å². The van der Waals surface area contributed by atoms with Gasteiger partial charge in [-0.3, -0.25) is 9.59 Å². The third kappa shape index (κ3) is 8.88. The number of rotatable bonds is 10. The van der Waals surface area contributed by atoms with Crippen LogP contribution in [-0.2, 0) is 25.7 Å². The molecule has 2 atom stereocenters. The van der Waals surface area contributed by atoms with Gasteiger partial charge in [0.1, 0.15) is 30.0 Å². The molecule has 2 rings (SSSR count). The van der Waals surface area contributed by atoms with Gasteiger partial charge in [-0.1, -0.05) is 44.2 Å². The smallest absolute Gasteiger partial charge is 0.329 e. The molecule has 10 nitrogen and oxygen atoms in total. The van der Waals surface area contributed by atoms with Crippen LogP contribution in [0.4, 0.5) is 0 Å². The molecule has 1 heterocycles. The van der Waals surface area contributed by atoms with E-state index in [1.165, 1.54) is 13.3 Å². The van der Waals surface area contributed by atoms with Crippen molar-refractivity contribution < 1.29 is 28.7 Å². The minimum Gasteiger partial charge on any atom is -0.459 e. The summed E-state index contributed by atoms with van der Waals surface area (Å²) < 4.78 is 10.6. The van der Waals surface area contributed by atoms with Crippen LogP contribution in [0.3, 0.4) is 0 Å². The molecule has 1 aromatic carbocycles. The first-order chi connectivity index (χ1) is 16.4. The Labute approximate surface area is 205 Å². The lowest BCUT2D eigenvalue weighted by atomic mass is 10.0. The molecule has 0 spiro atoms. The van der Waals surface area contributed by atoms with Crippen molar-refractivity contribution in [1.82, 2.24) is 20.6 Å². The molecule has 0 aliphatic rings. The average molecular weight is 487 g/mol. The highest BCUT2D eigenvalue weighted by atomic mass is 16.6. The van der Waals surface area contributed by atoms with Gasteiger partial charge in [-0.25, -0.2) is 14.6 Å². The SMILES string of the molecule is CC(C)C[C@H](NC(=O)c1[nH]cnc1C(=O)N[C@@H](C)C(=O)OCc1ccccc1)C(=O)OC(C)(C)C. The van der Waals surface area contributed by atoms with Gasteiger partial charge in [0.05, 0.1) is 6.33 Å². The summed E-state index contributed by atoms with van der Waals surface area (Å²) in [6.45, 7) is 10.6. The zero-order valence-electron chi connectivity index (χ0n) is 21.0. The number of carbonyl (C=O) groups is 4. The molecule has 0 aliphatic heterocycles. The minimum absolute atomic E-state index is 0.0673. The van der Waals surface area contributed by atoms with Crippen LogP contribution in [0.1, 0.15) is 74.5 Å². The molecule has 0 saturated carbocycles. The van der Waals surface area contributed by atoms with Crippen LogP contribution in [0.5, 0.6) is 0 Å². The molecule has 2 aromatic rings. The van der Waals surface area contributed by atoms with Crippen molar-refractivity contribution >= 4 is 23.8 Å². The molecule has 10 heteroatoms. The zero-order chi connectivity index (χ0) is 26.2. The molecule has 0 radical (unpaired) electrons. The van der Waals surface area contributed by atoms with E-state index in [9.17, 15) is 19.2 Å². The van der Waals surface area contributed by atoms with Crippen molar-refractivity contribution in [3.05, 3.63) is 53.6 Å². The molecule has 0 bridgehead atoms. The van der Waals surface area contributed by atoms with Crippen molar-refractivity contribution in [1.29, 1.82) is 0 Å². The molecule has 35 heavy (non-hydrogen) atoms. The van der Waals surface area contributed by atoms with E-state index in [-0.39, 0.29) is 23.9 Å². The quantitative estimate of drug-likeness (QED) is 0.439. The van der Waals surface area contributed by atoms with Crippen LogP contribution in [0.25, 0.3) is 0 Å². The summed E-state index contributed by atoms with van der Waals surface area (Å²) in [6, 6.07) is 7.25. The Bertz CT molecular complexity index is 1030. The van der Waals surface area contributed by atoms with E-state index in [1.807, 2.05) is 44.2 Å². The predicted octanol–water partition coefficient (Wildman–Crippen LogP) is 2.76. The number of aromatic amines is 1. The topological polar surface area (TPSA) is 139 Å². The van der Waals surface area contributed by atoms with Gasteiger partial charge in [-0.05, 0) is 45.6 Å². The van der Waals surface area contributed by atoms with Gasteiger partial charge < -0.3 is 25.1 Å². The second-order valence-corrected chi connectivity index (χ2v) is 9.60. The Morgan fingerprint density at radius 3 is 2.23 bits per heavy atom. The number of nitrogens with zero attached hydrogens (tertiary/aromatic N) is 1. The zero-order valence-corrected chi connectivity index (χ0v) is 21.0. The van der Waals surface area contributed by atoms with Crippen LogP contribution in [0.2, 0.25) is 0 Å². The molecular weight excluding hydrogens is 452 g/mol. The third-order valence-electron chi connectivity index (χ3n) is 4.71. The predicted molar refractivity (Wildman–Crippen MR) is 128 cm³/mol. The maximum Gasteiger partial charge on any atom is 0.329 e. The molecule has 1 aromatic heterocycles. The van der Waals surface area contributed by atoms with E-state index in [0.717, 1.165) is 5.56 Å². The number of imidazole rings is 1. The summed E-state index contributed by atoms with van der Waals surface area (Å²) in [5, 5.41) is 5.11. The molecule has 0 fully saturated rings. The first-order valence-corrected chi connectivity index (χ1v) is 11.5. The number of nitrogens with one attached hydrogen (secondary N) is 3. The van der Waals surface area contributed by atoms with Crippen LogP contribution in [-0.4, -0.2) is 51.4 Å². The Morgan fingerprint density at radius 1 is 0.971 bits per heavy atom. The lowest BCUT2D eigenvalue weighted by Gasteiger charge is -2.25. The molecular formula is C25H34N4O6. The van der Waals surface area contributed by atoms with Crippen molar-refractivity contribution in [2.45, 2.75) is 72.3 Å². The first kappa shape index (κ1) is 27.6. The number of esters is 2. The van der Waals surface area contributed by atoms with E-state index in [1.54, 1.807) is 20.8 Å². The normalized spacial score (nSPS) is 13.0. The molecule has 2 amide bonds. The lowest BCUT2D eigenvalue weighted by Crippen LogP contribution is -2.46. The largest absolute Gasteiger partial charge is 0.459 e. The summed E-state index contributed by atoms with van der Waals surface area (Å²) in [6.07, 6.45) is 1.54.